The summed E-state index contributed by atoms with van der Waals surface area (Å²) in [6, 6.07) is 21.4. The average Bonchev–Trinajstić information content (AvgIpc) is 2.67. The van der Waals surface area contributed by atoms with Gasteiger partial charge in [-0.2, -0.15) is 0 Å². The van der Waals surface area contributed by atoms with E-state index in [4.69, 9.17) is 0 Å². The fraction of sp³-hybridized carbons (Fsp3) is 0.100. The maximum atomic E-state index is 11.9. The Labute approximate surface area is 147 Å². The van der Waals surface area contributed by atoms with E-state index in [1.165, 1.54) is 5.56 Å². The Morgan fingerprint density at radius 1 is 0.800 bits per heavy atom. The molecule has 1 heterocycles. The zero-order valence-electron chi connectivity index (χ0n) is 13.8. The molecule has 25 heavy (non-hydrogen) atoms. The second-order valence-corrected chi connectivity index (χ2v) is 5.59. The Bertz CT molecular complexity index is 789. The molecule has 0 atom stereocenters. The van der Waals surface area contributed by atoms with Crippen LogP contribution in [0.5, 0.6) is 0 Å². The van der Waals surface area contributed by atoms with Crippen molar-refractivity contribution in [2.75, 3.05) is 10.6 Å². The first-order chi connectivity index (χ1) is 12.3. The van der Waals surface area contributed by atoms with Gasteiger partial charge in [-0.1, -0.05) is 36.4 Å². The minimum absolute atomic E-state index is 0.242. The van der Waals surface area contributed by atoms with E-state index in [0.717, 1.165) is 23.5 Å². The molecule has 3 aromatic rings. The number of amides is 2. The van der Waals surface area contributed by atoms with Crippen LogP contribution in [0.2, 0.25) is 0 Å². The normalized spacial score (nSPS) is 10.1. The van der Waals surface area contributed by atoms with Gasteiger partial charge in [0.15, 0.2) is 0 Å². The lowest BCUT2D eigenvalue weighted by Gasteiger charge is -2.10. The summed E-state index contributed by atoms with van der Waals surface area (Å²) in [5.41, 5.74) is 3.93. The molecule has 5 nitrogen and oxygen atoms in total. The van der Waals surface area contributed by atoms with Gasteiger partial charge in [-0.15, -0.1) is 0 Å². The number of nitrogens with zero attached hydrogens (tertiary/aromatic N) is 1. The van der Waals surface area contributed by atoms with Crippen molar-refractivity contribution >= 4 is 17.4 Å². The number of benzene rings is 2. The zero-order chi connectivity index (χ0) is 17.3. The summed E-state index contributed by atoms with van der Waals surface area (Å²) < 4.78 is 0. The molecule has 0 bridgehead atoms. The van der Waals surface area contributed by atoms with E-state index in [1.807, 2.05) is 54.6 Å². The van der Waals surface area contributed by atoms with Crippen LogP contribution in [-0.4, -0.2) is 11.0 Å². The quantitative estimate of drug-likeness (QED) is 0.639. The van der Waals surface area contributed by atoms with Gasteiger partial charge in [-0.3, -0.25) is 4.98 Å². The molecule has 2 aromatic carbocycles. The highest BCUT2D eigenvalue weighted by Gasteiger charge is 2.02. The summed E-state index contributed by atoms with van der Waals surface area (Å²) in [5.74, 6) is 0. The highest BCUT2D eigenvalue weighted by atomic mass is 16.2. The van der Waals surface area contributed by atoms with Crippen LogP contribution in [-0.2, 0) is 13.1 Å². The minimum Gasteiger partial charge on any atom is -0.381 e. The average molecular weight is 332 g/mol. The van der Waals surface area contributed by atoms with Crippen molar-refractivity contribution in [1.82, 2.24) is 10.3 Å². The van der Waals surface area contributed by atoms with E-state index in [-0.39, 0.29) is 6.03 Å². The Morgan fingerprint density at radius 2 is 1.52 bits per heavy atom. The molecule has 1 aromatic heterocycles. The molecule has 0 saturated carbocycles. The van der Waals surface area contributed by atoms with Gasteiger partial charge in [-0.25, -0.2) is 4.79 Å². The number of rotatable bonds is 6. The van der Waals surface area contributed by atoms with Crippen LogP contribution in [0.4, 0.5) is 16.2 Å². The highest BCUT2D eigenvalue weighted by molar-refractivity contribution is 5.89. The van der Waals surface area contributed by atoms with Crippen molar-refractivity contribution in [1.29, 1.82) is 0 Å². The van der Waals surface area contributed by atoms with Gasteiger partial charge < -0.3 is 16.0 Å². The Balaban J connectivity index is 1.46. The number of carbonyl (C=O) groups excluding carboxylic acids is 1. The first-order valence-corrected chi connectivity index (χ1v) is 8.11. The summed E-state index contributed by atoms with van der Waals surface area (Å²) in [5, 5.41) is 8.97. The number of urea groups is 1. The van der Waals surface area contributed by atoms with Crippen LogP contribution in [0.1, 0.15) is 11.1 Å². The van der Waals surface area contributed by atoms with Crippen LogP contribution in [0.3, 0.4) is 0 Å². The highest BCUT2D eigenvalue weighted by Crippen LogP contribution is 2.14. The molecule has 2 amide bonds. The molecule has 3 N–H and O–H groups in total. The standard InChI is InChI=1S/C20H20N4O/c25-20(23-15-17-7-4-12-21-13-17)24-19-10-8-18(9-11-19)22-14-16-5-2-1-3-6-16/h1-13,22H,14-15H2,(H2,23,24,25). The van der Waals surface area contributed by atoms with Crippen LogP contribution >= 0.6 is 0 Å². The Morgan fingerprint density at radius 3 is 2.24 bits per heavy atom. The molecule has 5 heteroatoms. The molecule has 0 aliphatic heterocycles. The van der Waals surface area contributed by atoms with E-state index in [9.17, 15) is 4.79 Å². The smallest absolute Gasteiger partial charge is 0.319 e. The maximum Gasteiger partial charge on any atom is 0.319 e. The molecule has 0 unspecified atom stereocenters. The number of pyridine rings is 1. The maximum absolute atomic E-state index is 11.9. The predicted molar refractivity (Wildman–Crippen MR) is 100 cm³/mol. The zero-order valence-corrected chi connectivity index (χ0v) is 13.8. The van der Waals surface area contributed by atoms with Crippen molar-refractivity contribution in [3.63, 3.8) is 0 Å². The molecular formula is C20H20N4O. The summed E-state index contributed by atoms with van der Waals surface area (Å²) in [7, 11) is 0. The second-order valence-electron chi connectivity index (χ2n) is 5.59. The SMILES string of the molecule is O=C(NCc1cccnc1)Nc1ccc(NCc2ccccc2)cc1. The van der Waals surface area contributed by atoms with Crippen molar-refractivity contribution in [2.45, 2.75) is 13.1 Å². The van der Waals surface area contributed by atoms with Crippen LogP contribution < -0.4 is 16.0 Å². The lowest BCUT2D eigenvalue weighted by atomic mass is 10.2. The van der Waals surface area contributed by atoms with E-state index < -0.39 is 0 Å². The monoisotopic (exact) mass is 332 g/mol. The first-order valence-electron chi connectivity index (χ1n) is 8.11. The van der Waals surface area contributed by atoms with Gasteiger partial charge in [-0.05, 0) is 41.5 Å². The molecular weight excluding hydrogens is 312 g/mol. The topological polar surface area (TPSA) is 66.0 Å². The summed E-state index contributed by atoms with van der Waals surface area (Å²) >= 11 is 0. The first kappa shape index (κ1) is 16.5. The van der Waals surface area contributed by atoms with Crippen LogP contribution in [0, 0.1) is 0 Å². The third kappa shape index (κ3) is 5.35. The molecule has 0 aliphatic rings. The number of aromatic nitrogens is 1. The summed E-state index contributed by atoms with van der Waals surface area (Å²) in [6.07, 6.45) is 3.43. The molecule has 0 saturated heterocycles. The lowest BCUT2D eigenvalue weighted by molar-refractivity contribution is 0.251. The van der Waals surface area contributed by atoms with Crippen molar-refractivity contribution < 1.29 is 4.79 Å². The Kier molecular flexibility index (Phi) is 5.61. The molecule has 126 valence electrons. The largest absolute Gasteiger partial charge is 0.381 e. The Hall–Kier alpha value is -3.34. The van der Waals surface area contributed by atoms with Crippen molar-refractivity contribution in [3.8, 4) is 0 Å². The lowest BCUT2D eigenvalue weighted by Crippen LogP contribution is -2.28. The number of hydrogen-bond acceptors (Lipinski definition) is 3. The fourth-order valence-electron chi connectivity index (χ4n) is 2.33. The second kappa shape index (κ2) is 8.49. The van der Waals surface area contributed by atoms with Crippen LogP contribution in [0.15, 0.2) is 79.1 Å². The molecule has 0 aliphatic carbocycles. The summed E-state index contributed by atoms with van der Waals surface area (Å²) in [6.45, 7) is 1.20. The fourth-order valence-corrected chi connectivity index (χ4v) is 2.33. The van der Waals surface area contributed by atoms with Gasteiger partial charge in [0, 0.05) is 36.9 Å². The van der Waals surface area contributed by atoms with Gasteiger partial charge >= 0.3 is 6.03 Å². The van der Waals surface area contributed by atoms with Crippen molar-refractivity contribution in [2.24, 2.45) is 0 Å². The summed E-state index contributed by atoms with van der Waals surface area (Å²) in [4.78, 5) is 15.9. The molecule has 0 fully saturated rings. The van der Waals surface area contributed by atoms with Gasteiger partial charge in [0.05, 0.1) is 0 Å². The van der Waals surface area contributed by atoms with E-state index in [1.54, 1.807) is 12.4 Å². The molecule has 0 spiro atoms. The van der Waals surface area contributed by atoms with E-state index in [2.05, 4.69) is 33.1 Å². The van der Waals surface area contributed by atoms with Gasteiger partial charge in [0.1, 0.15) is 0 Å². The van der Waals surface area contributed by atoms with Crippen molar-refractivity contribution in [3.05, 3.63) is 90.3 Å². The minimum atomic E-state index is -0.242. The third-order valence-electron chi connectivity index (χ3n) is 3.66. The number of anilines is 2. The number of hydrogen-bond donors (Lipinski definition) is 3. The van der Waals surface area contributed by atoms with Gasteiger partial charge in [0.25, 0.3) is 0 Å². The number of nitrogens with one attached hydrogen (secondary N) is 3. The van der Waals surface area contributed by atoms with Gasteiger partial charge in [0.2, 0.25) is 0 Å². The number of carbonyl (C=O) groups is 1. The molecule has 0 radical (unpaired) electrons. The molecule has 3 rings (SSSR count). The van der Waals surface area contributed by atoms with E-state index >= 15 is 0 Å². The van der Waals surface area contributed by atoms with E-state index in [0.29, 0.717) is 6.54 Å². The predicted octanol–water partition coefficient (Wildman–Crippen LogP) is 4.02. The third-order valence-corrected chi connectivity index (χ3v) is 3.66. The van der Waals surface area contributed by atoms with Crippen LogP contribution in [0.25, 0.3) is 0 Å².